The number of esters is 1. The van der Waals surface area contributed by atoms with Crippen LogP contribution >= 0.6 is 0 Å². The van der Waals surface area contributed by atoms with Crippen molar-refractivity contribution >= 4 is 5.97 Å². The van der Waals surface area contributed by atoms with E-state index in [1.54, 1.807) is 0 Å². The Hall–Kier alpha value is -1.99. The lowest BCUT2D eigenvalue weighted by molar-refractivity contribution is -0.477. The molecule has 1 spiro atoms. The van der Waals surface area contributed by atoms with Crippen LogP contribution in [0.5, 0.6) is 0 Å². The van der Waals surface area contributed by atoms with E-state index >= 15 is 0 Å². The molecule has 0 aromatic heterocycles. The molecule has 0 N–H and O–H groups in total. The van der Waals surface area contributed by atoms with E-state index in [0.717, 1.165) is 11.1 Å². The number of hydrogen-bond donors (Lipinski definition) is 0. The number of ether oxygens (including phenoxy) is 1. The quantitative estimate of drug-likeness (QED) is 0.469. The first-order valence-corrected chi connectivity index (χ1v) is 7.95. The summed E-state index contributed by atoms with van der Waals surface area (Å²) >= 11 is 0. The third kappa shape index (κ3) is 1.66. The number of hydrogen-bond acceptors (Lipinski definition) is 6. The molecule has 1 aromatic rings. The molecule has 4 aliphatic heterocycles. The maximum absolute atomic E-state index is 12.5. The summed E-state index contributed by atoms with van der Waals surface area (Å²) < 4.78 is 5.06. The van der Waals surface area contributed by atoms with Gasteiger partial charge < -0.3 is 4.74 Å². The molecule has 6 aliphatic rings. The van der Waals surface area contributed by atoms with Crippen LogP contribution in [0.2, 0.25) is 0 Å². The van der Waals surface area contributed by atoms with E-state index < -0.39 is 23.7 Å². The molecule has 6 atom stereocenters. The summed E-state index contributed by atoms with van der Waals surface area (Å²) in [7, 11) is 1.39. The summed E-state index contributed by atoms with van der Waals surface area (Å²) in [5.41, 5.74) is 1.01. The molecule has 4 bridgehead atoms. The molecule has 2 aliphatic carbocycles. The van der Waals surface area contributed by atoms with E-state index in [1.165, 1.54) is 7.11 Å². The van der Waals surface area contributed by atoms with Crippen LogP contribution in [0.15, 0.2) is 54.1 Å². The van der Waals surface area contributed by atoms with Crippen molar-refractivity contribution in [1.82, 2.24) is 0 Å². The summed E-state index contributed by atoms with van der Waals surface area (Å²) in [5, 5.41) is 0. The van der Waals surface area contributed by atoms with E-state index in [9.17, 15) is 4.79 Å². The number of carbonyl (C=O) groups is 1. The SMILES string of the molecule is COC(=O)[C@@H]1[C@@H](c2ccccc2)[C@@]23OO[C@@H]1C=C2[C@@H]1C=C[C@H]3OO1. The molecule has 1 aromatic carbocycles. The third-order valence-electron chi connectivity index (χ3n) is 5.35. The van der Waals surface area contributed by atoms with Crippen LogP contribution < -0.4 is 0 Å². The predicted octanol–water partition coefficient (Wildman–Crippen LogP) is 1.84. The summed E-state index contributed by atoms with van der Waals surface area (Å²) in [5.74, 6) is -1.12. The highest BCUT2D eigenvalue weighted by atomic mass is 17.2. The van der Waals surface area contributed by atoms with Crippen LogP contribution in [0.3, 0.4) is 0 Å². The van der Waals surface area contributed by atoms with Crippen molar-refractivity contribution in [2.24, 2.45) is 5.92 Å². The zero-order valence-electron chi connectivity index (χ0n) is 13.0. The lowest BCUT2D eigenvalue weighted by Crippen LogP contribution is -2.68. The first-order valence-electron chi connectivity index (χ1n) is 7.95. The number of methoxy groups -OCH3 is 1. The smallest absolute Gasteiger partial charge is 0.312 e. The molecule has 0 unspecified atom stereocenters. The second-order valence-corrected chi connectivity index (χ2v) is 6.42. The van der Waals surface area contributed by atoms with E-state index in [4.69, 9.17) is 24.3 Å². The number of carbonyl (C=O) groups excluding carboxylic acids is 1. The Bertz CT molecular complexity index is 741. The largest absolute Gasteiger partial charge is 0.469 e. The fourth-order valence-corrected chi connectivity index (χ4v) is 4.35. The second kappa shape index (κ2) is 5.00. The van der Waals surface area contributed by atoms with Gasteiger partial charge in [-0.15, -0.1) is 0 Å². The van der Waals surface area contributed by atoms with E-state index in [0.29, 0.717) is 0 Å². The van der Waals surface area contributed by atoms with Gasteiger partial charge in [0.15, 0.2) is 5.60 Å². The molecule has 24 heavy (non-hydrogen) atoms. The average Bonchev–Trinajstić information content (AvgIpc) is 2.68. The Morgan fingerprint density at radius 2 is 1.96 bits per heavy atom. The van der Waals surface area contributed by atoms with E-state index in [1.807, 2.05) is 48.6 Å². The summed E-state index contributed by atoms with van der Waals surface area (Å²) in [6, 6.07) is 9.81. The number of fused-ring (bicyclic) bond motifs is 3. The molecule has 124 valence electrons. The van der Waals surface area contributed by atoms with Gasteiger partial charge in [0, 0.05) is 11.5 Å². The van der Waals surface area contributed by atoms with E-state index in [-0.39, 0.29) is 18.0 Å². The minimum atomic E-state index is -0.924. The Morgan fingerprint density at radius 3 is 2.67 bits per heavy atom. The van der Waals surface area contributed by atoms with Gasteiger partial charge >= 0.3 is 5.97 Å². The molecule has 6 heteroatoms. The van der Waals surface area contributed by atoms with Crippen molar-refractivity contribution in [1.29, 1.82) is 0 Å². The van der Waals surface area contributed by atoms with Crippen molar-refractivity contribution in [2.75, 3.05) is 7.11 Å². The van der Waals surface area contributed by atoms with Crippen LogP contribution in [-0.4, -0.2) is 37.0 Å². The zero-order valence-corrected chi connectivity index (χ0v) is 13.0. The number of benzene rings is 1. The van der Waals surface area contributed by atoms with Crippen molar-refractivity contribution in [3.05, 3.63) is 59.7 Å². The lowest BCUT2D eigenvalue weighted by Gasteiger charge is -2.58. The average molecular weight is 328 g/mol. The Kier molecular flexibility index (Phi) is 2.99. The monoisotopic (exact) mass is 328 g/mol. The molecule has 6 nitrogen and oxygen atoms in total. The van der Waals surface area contributed by atoms with Crippen LogP contribution in [0.4, 0.5) is 0 Å². The highest BCUT2D eigenvalue weighted by Gasteiger charge is 2.68. The highest BCUT2D eigenvalue weighted by molar-refractivity contribution is 5.76. The fraction of sp³-hybridized carbons (Fsp3) is 0.389. The number of rotatable bonds is 2. The van der Waals surface area contributed by atoms with E-state index in [2.05, 4.69) is 0 Å². The summed E-state index contributed by atoms with van der Waals surface area (Å²) in [6.07, 6.45) is 4.44. The van der Waals surface area contributed by atoms with Crippen molar-refractivity contribution in [3.8, 4) is 0 Å². The summed E-state index contributed by atoms with van der Waals surface area (Å²) in [6.45, 7) is 0. The van der Waals surface area contributed by atoms with Crippen molar-refractivity contribution in [3.63, 3.8) is 0 Å². The zero-order chi connectivity index (χ0) is 16.3. The van der Waals surface area contributed by atoms with Gasteiger partial charge in [0.2, 0.25) is 0 Å². The topological polar surface area (TPSA) is 63.2 Å². The molecule has 4 heterocycles. The molecule has 7 rings (SSSR count). The van der Waals surface area contributed by atoms with Gasteiger partial charge in [0.05, 0.1) is 13.0 Å². The predicted molar refractivity (Wildman–Crippen MR) is 80.3 cm³/mol. The highest BCUT2D eigenvalue weighted by Crippen LogP contribution is 2.59. The minimum Gasteiger partial charge on any atom is -0.469 e. The summed E-state index contributed by atoms with van der Waals surface area (Å²) in [4.78, 5) is 34.8. The van der Waals surface area contributed by atoms with Gasteiger partial charge in [-0.25, -0.2) is 19.6 Å². The lowest BCUT2D eigenvalue weighted by atomic mass is 9.59. The maximum Gasteiger partial charge on any atom is 0.312 e. The molecule has 2 fully saturated rings. The molecular formula is C18H16O6. The van der Waals surface area contributed by atoms with Gasteiger partial charge in [0.25, 0.3) is 0 Å². The van der Waals surface area contributed by atoms with Crippen LogP contribution in [0.25, 0.3) is 0 Å². The first kappa shape index (κ1) is 14.4. The standard InChI is InChI=1S/C18H16O6/c1-20-17(19)15-13-9-11-12-7-8-14(23-21-12)18(11,24-22-13)16(15)10-5-3-2-4-6-10/h2-9,12-16H,1H3/t12-,13+,14+,15-,16+,18+/m0/s1. The molecular weight excluding hydrogens is 312 g/mol. The maximum atomic E-state index is 12.5. The Labute approximate surface area is 138 Å². The molecule has 0 amide bonds. The first-order chi connectivity index (χ1) is 11.8. The van der Waals surface area contributed by atoms with Gasteiger partial charge in [-0.1, -0.05) is 36.4 Å². The van der Waals surface area contributed by atoms with Gasteiger partial charge in [-0.05, 0) is 17.7 Å². The molecule has 2 saturated heterocycles. The molecule has 0 radical (unpaired) electrons. The minimum absolute atomic E-state index is 0.286. The van der Waals surface area contributed by atoms with Crippen LogP contribution in [0, 0.1) is 5.92 Å². The van der Waals surface area contributed by atoms with Crippen LogP contribution in [-0.2, 0) is 29.1 Å². The van der Waals surface area contributed by atoms with Gasteiger partial charge in [0.1, 0.15) is 18.3 Å². The fourth-order valence-electron chi connectivity index (χ4n) is 4.35. The van der Waals surface area contributed by atoms with Crippen LogP contribution in [0.1, 0.15) is 11.5 Å². The van der Waals surface area contributed by atoms with Crippen molar-refractivity contribution < 1.29 is 29.1 Å². The molecule has 0 saturated carbocycles. The normalized spacial score (nSPS) is 41.7. The van der Waals surface area contributed by atoms with Crippen molar-refractivity contribution in [2.45, 2.75) is 29.8 Å². The van der Waals surface area contributed by atoms with Gasteiger partial charge in [-0.2, -0.15) is 0 Å². The second-order valence-electron chi connectivity index (χ2n) is 6.42. The Balaban J connectivity index is 1.73. The third-order valence-corrected chi connectivity index (χ3v) is 5.35. The van der Waals surface area contributed by atoms with Gasteiger partial charge in [-0.3, -0.25) is 4.79 Å². The Morgan fingerprint density at radius 1 is 1.12 bits per heavy atom.